The first kappa shape index (κ1) is 36.7. The Kier molecular flexibility index (Phi) is 10.6. The highest BCUT2D eigenvalue weighted by Gasteiger charge is 2.72. The van der Waals surface area contributed by atoms with E-state index in [-0.39, 0.29) is 53.1 Å². The number of morpholine rings is 1. The number of fused-ring (bicyclic) bond motifs is 6. The molecule has 52 heavy (non-hydrogen) atoms. The lowest BCUT2D eigenvalue weighted by atomic mass is 9.94. The van der Waals surface area contributed by atoms with Crippen molar-refractivity contribution < 1.29 is 38.9 Å². The number of thiophene rings is 2. The van der Waals surface area contributed by atoms with Gasteiger partial charge in [0.25, 0.3) is 0 Å². The van der Waals surface area contributed by atoms with E-state index in [1.165, 1.54) is 34.8 Å². The summed E-state index contributed by atoms with van der Waals surface area (Å²) in [6.07, 6.45) is 3.35. The molecule has 1 amide bonds. The predicted octanol–water partition coefficient (Wildman–Crippen LogP) is 2.97. The molecule has 12 nitrogen and oxygen atoms in total. The number of nitrogens with zero attached hydrogens (tertiary/aromatic N) is 2. The van der Waals surface area contributed by atoms with Gasteiger partial charge in [0.1, 0.15) is 30.4 Å². The van der Waals surface area contributed by atoms with Gasteiger partial charge in [0.15, 0.2) is 0 Å². The molecule has 5 atom stereocenters. The summed E-state index contributed by atoms with van der Waals surface area (Å²) in [5.41, 5.74) is -1.40. The number of H-pyrrole nitrogens is 1. The van der Waals surface area contributed by atoms with Crippen LogP contribution in [0.15, 0.2) is 64.1 Å². The number of piperidine rings is 1. The number of unbranched alkanes of at least 4 members (excludes halogenated alkanes) is 2. The van der Waals surface area contributed by atoms with E-state index in [1.807, 2.05) is 34.8 Å². The largest absolute Gasteiger partial charge is 0.871 e. The Balaban J connectivity index is 0.835. The fourth-order valence-corrected chi connectivity index (χ4v) is 10.00. The van der Waals surface area contributed by atoms with Crippen molar-refractivity contribution in [2.45, 2.75) is 80.6 Å². The first-order valence-corrected chi connectivity index (χ1v) is 19.7. The maximum Gasteiger partial charge on any atom is 0.349 e. The zero-order chi connectivity index (χ0) is 36.6. The van der Waals surface area contributed by atoms with Crippen molar-refractivity contribution in [3.8, 4) is 5.75 Å². The van der Waals surface area contributed by atoms with Gasteiger partial charge in [-0.25, -0.2) is 4.79 Å². The third kappa shape index (κ3) is 7.05. The van der Waals surface area contributed by atoms with Crippen LogP contribution in [-0.4, -0.2) is 107 Å². The Morgan fingerprint density at radius 3 is 2.42 bits per heavy atom. The lowest BCUT2D eigenvalue weighted by Crippen LogP contribution is -2.64. The van der Waals surface area contributed by atoms with Gasteiger partial charge in [-0.3, -0.25) is 9.59 Å². The Bertz CT molecular complexity index is 1880. The number of aromatic amines is 1. The van der Waals surface area contributed by atoms with Crippen LogP contribution in [0.4, 0.5) is 0 Å². The van der Waals surface area contributed by atoms with Crippen LogP contribution in [0.1, 0.15) is 59.9 Å². The molecule has 2 bridgehead atoms. The van der Waals surface area contributed by atoms with Crippen LogP contribution < -0.4 is 16.0 Å². The highest BCUT2D eigenvalue weighted by atomic mass is 32.1. The van der Waals surface area contributed by atoms with Crippen molar-refractivity contribution in [3.63, 3.8) is 0 Å². The number of carbonyl (C=O) groups is 2. The molecule has 0 radical (unpaired) electrons. The molecule has 0 spiro atoms. The molecule has 3 saturated heterocycles. The first-order valence-electron chi connectivity index (χ1n) is 18.0. The Morgan fingerprint density at radius 2 is 1.77 bits per heavy atom. The van der Waals surface area contributed by atoms with Crippen LogP contribution in [-0.2, 0) is 24.7 Å². The Labute approximate surface area is 310 Å². The van der Waals surface area contributed by atoms with Crippen molar-refractivity contribution in [1.82, 2.24) is 15.2 Å². The molecule has 1 aromatic carbocycles. The van der Waals surface area contributed by atoms with Crippen molar-refractivity contribution >= 4 is 45.5 Å². The van der Waals surface area contributed by atoms with Crippen molar-refractivity contribution in [1.29, 1.82) is 0 Å². The number of esters is 1. The van der Waals surface area contributed by atoms with E-state index in [9.17, 15) is 29.7 Å². The van der Waals surface area contributed by atoms with Crippen molar-refractivity contribution in [2.75, 3.05) is 40.3 Å². The summed E-state index contributed by atoms with van der Waals surface area (Å²) in [4.78, 5) is 43.8. The van der Waals surface area contributed by atoms with Crippen LogP contribution in [0.2, 0.25) is 0 Å². The van der Waals surface area contributed by atoms with Crippen LogP contribution in [0, 0.1) is 0 Å². The fraction of sp³-hybridized carbons (Fsp3) is 0.500. The number of aromatic nitrogens is 1. The number of pyridine rings is 1. The summed E-state index contributed by atoms with van der Waals surface area (Å²) in [6.45, 7) is 2.39. The normalized spacial score (nSPS) is 25.5. The Morgan fingerprint density at radius 1 is 1.08 bits per heavy atom. The van der Waals surface area contributed by atoms with E-state index < -0.39 is 17.7 Å². The number of quaternary nitrogens is 1. The molecule has 3 aromatic heterocycles. The number of rotatable bonds is 16. The molecular formula is C38H46N4O8S2. The second kappa shape index (κ2) is 15.0. The van der Waals surface area contributed by atoms with Crippen molar-refractivity contribution in [2.24, 2.45) is 0 Å². The number of likely N-dealkylation sites (N-methyl/N-ethyl adjacent to an activating group) is 2. The maximum absolute atomic E-state index is 13.6. The third-order valence-electron chi connectivity index (χ3n) is 11.3. The lowest BCUT2D eigenvalue weighted by Gasteiger charge is -2.48. The highest BCUT2D eigenvalue weighted by molar-refractivity contribution is 7.12. The molecule has 4 N–H and O–H groups in total. The molecule has 3 fully saturated rings. The Hall–Kier alpha value is -3.63. The number of benzene rings is 1. The summed E-state index contributed by atoms with van der Waals surface area (Å²) < 4.78 is 12.9. The van der Waals surface area contributed by atoms with Crippen LogP contribution in [0.25, 0.3) is 10.9 Å². The summed E-state index contributed by atoms with van der Waals surface area (Å²) >= 11 is 2.67. The number of epoxide rings is 1. The molecular weight excluding hydrogens is 705 g/mol. The van der Waals surface area contributed by atoms with Gasteiger partial charge in [0.2, 0.25) is 17.1 Å². The minimum atomic E-state index is -1.83. The standard InChI is InChI=1S/C38H46N4O8S2/c1-41(33(46)10-4-3-5-15-39-22-29(44)24-11-13-28(43)34-25(24)12-14-32(45)40-34)16-17-42(2)26-20-23(21-27(42)36-35(26)50-36)49-37(47)38(48,30-8-6-18-51-30)31-9-7-19-52-31/h6-9,11-14,18-19,23,26-27,29,35-36,39,44,48H,3-5,10,15-17,20-22H2,1-2H3,(H-,40,43,45)/t23?,26?,27?,29-,35?,36?,42?/m0/s1. The number of nitrogens with one attached hydrogen (secondary N) is 2. The molecule has 3 aliphatic rings. The number of ether oxygens (including phenoxy) is 2. The average molecular weight is 751 g/mol. The van der Waals surface area contributed by atoms with E-state index in [1.54, 1.807) is 24.3 Å². The van der Waals surface area contributed by atoms with Crippen molar-refractivity contribution in [3.05, 3.63) is 85.0 Å². The number of hydrogen-bond acceptors (Lipinski definition) is 11. The van der Waals surface area contributed by atoms with Gasteiger partial charge in [-0.2, -0.15) is 0 Å². The second-order valence-electron chi connectivity index (χ2n) is 14.5. The molecule has 4 unspecified atom stereocenters. The predicted molar refractivity (Wildman–Crippen MR) is 196 cm³/mol. The summed E-state index contributed by atoms with van der Waals surface area (Å²) in [7, 11) is 4.10. The summed E-state index contributed by atoms with van der Waals surface area (Å²) in [6, 6.07) is 13.4. The van der Waals surface area contributed by atoms with Gasteiger partial charge in [-0.15, -0.1) is 22.7 Å². The van der Waals surface area contributed by atoms with Crippen LogP contribution in [0.5, 0.6) is 5.75 Å². The quantitative estimate of drug-likeness (QED) is 0.0583. The van der Waals surface area contributed by atoms with Gasteiger partial charge in [0.05, 0.1) is 36.0 Å². The first-order chi connectivity index (χ1) is 25.0. The third-order valence-corrected chi connectivity index (χ3v) is 13.3. The zero-order valence-electron chi connectivity index (χ0n) is 29.4. The molecule has 4 aromatic rings. The van der Waals surface area contributed by atoms with E-state index in [2.05, 4.69) is 17.3 Å². The molecule has 0 saturated carbocycles. The van der Waals surface area contributed by atoms with E-state index in [4.69, 9.17) is 9.47 Å². The van der Waals surface area contributed by atoms with Gasteiger partial charge in [0, 0.05) is 49.8 Å². The van der Waals surface area contributed by atoms with E-state index >= 15 is 0 Å². The fourth-order valence-electron chi connectivity index (χ4n) is 8.28. The van der Waals surface area contributed by atoms with Gasteiger partial charge in [-0.05, 0) is 53.9 Å². The number of hydrogen-bond donors (Lipinski definition) is 4. The lowest BCUT2D eigenvalue weighted by molar-refractivity contribution is -0.955. The number of aliphatic hydroxyl groups excluding tert-OH is 1. The van der Waals surface area contributed by atoms with Gasteiger partial charge < -0.3 is 44.5 Å². The monoisotopic (exact) mass is 750 g/mol. The number of carbonyl (C=O) groups excluding carboxylic acids is 2. The van der Waals surface area contributed by atoms with E-state index in [0.29, 0.717) is 59.6 Å². The molecule has 278 valence electrons. The smallest absolute Gasteiger partial charge is 0.349 e. The van der Waals surface area contributed by atoms with Crippen LogP contribution in [0.3, 0.4) is 0 Å². The van der Waals surface area contributed by atoms with Gasteiger partial charge >= 0.3 is 5.97 Å². The minimum absolute atomic E-state index is 0.112. The molecule has 3 aliphatic heterocycles. The molecule has 14 heteroatoms. The van der Waals surface area contributed by atoms with Crippen LogP contribution >= 0.6 is 22.7 Å². The zero-order valence-corrected chi connectivity index (χ0v) is 31.0. The second-order valence-corrected chi connectivity index (χ2v) is 16.4. The highest BCUT2D eigenvalue weighted by Crippen LogP contribution is 2.53. The SMILES string of the molecule is CN(CC[N+]1(C)C2CC(OC(=O)C(O)(c3cccs3)c3cccs3)CC1C1OC12)C(=O)CCCCCNC[C@H](O)c1ccc([O-])c2[nH]c(=O)ccc12. The maximum atomic E-state index is 13.6. The topological polar surface area (TPSA) is 168 Å². The number of amides is 1. The summed E-state index contributed by atoms with van der Waals surface area (Å²) in [5.74, 6) is -0.812. The molecule has 7 rings (SSSR count). The summed E-state index contributed by atoms with van der Waals surface area (Å²) in [5, 5.41) is 42.0. The average Bonchev–Trinajstić information content (AvgIpc) is 3.43. The van der Waals surface area contributed by atoms with Gasteiger partial charge in [-0.1, -0.05) is 36.4 Å². The number of aliphatic hydroxyl groups is 2. The molecule has 0 aliphatic carbocycles. The molecule has 6 heterocycles. The van der Waals surface area contributed by atoms with E-state index in [0.717, 1.165) is 30.3 Å². The minimum Gasteiger partial charge on any atom is -0.871 e.